The molecule has 9 heteroatoms. The standard InChI is InChI=1S/C12H8ClF3N2O3/c13-8-3-7(12(14,15)16)4-9(5-8)17-6-10-1-2-11(21-10)18(19)20/h1-5,17H,6H2. The zero-order chi connectivity index (χ0) is 15.6. The molecule has 0 saturated heterocycles. The minimum atomic E-state index is -4.51. The second kappa shape index (κ2) is 5.65. The van der Waals surface area contributed by atoms with E-state index in [1.165, 1.54) is 12.1 Å². The maximum absolute atomic E-state index is 12.6. The molecule has 0 spiro atoms. The van der Waals surface area contributed by atoms with E-state index in [4.69, 9.17) is 16.0 Å². The summed E-state index contributed by atoms with van der Waals surface area (Å²) in [5, 5.41) is 13.0. The number of halogens is 4. The van der Waals surface area contributed by atoms with Gasteiger partial charge in [-0.3, -0.25) is 10.1 Å². The minimum Gasteiger partial charge on any atom is -0.404 e. The van der Waals surface area contributed by atoms with E-state index in [2.05, 4.69) is 5.32 Å². The quantitative estimate of drug-likeness (QED) is 0.666. The van der Waals surface area contributed by atoms with Crippen LogP contribution < -0.4 is 5.32 Å². The Kier molecular flexibility index (Phi) is 4.08. The lowest BCUT2D eigenvalue weighted by Crippen LogP contribution is -2.06. The smallest absolute Gasteiger partial charge is 0.404 e. The highest BCUT2D eigenvalue weighted by Crippen LogP contribution is 2.33. The minimum absolute atomic E-state index is 0.00845. The molecule has 0 saturated carbocycles. The van der Waals surface area contributed by atoms with E-state index in [1.54, 1.807) is 0 Å². The molecule has 0 fully saturated rings. The van der Waals surface area contributed by atoms with Gasteiger partial charge in [0.2, 0.25) is 0 Å². The van der Waals surface area contributed by atoms with Crippen LogP contribution in [0.4, 0.5) is 24.7 Å². The fourth-order valence-corrected chi connectivity index (χ4v) is 1.84. The lowest BCUT2D eigenvalue weighted by atomic mass is 10.2. The molecule has 0 bridgehead atoms. The van der Waals surface area contributed by atoms with Crippen LogP contribution in [0.1, 0.15) is 11.3 Å². The van der Waals surface area contributed by atoms with E-state index in [0.717, 1.165) is 18.2 Å². The van der Waals surface area contributed by atoms with E-state index in [9.17, 15) is 23.3 Å². The van der Waals surface area contributed by atoms with Gasteiger partial charge >= 0.3 is 12.1 Å². The first-order valence-corrected chi connectivity index (χ1v) is 5.98. The van der Waals surface area contributed by atoms with Crippen LogP contribution in [-0.4, -0.2) is 4.92 Å². The monoisotopic (exact) mass is 320 g/mol. The second-order valence-electron chi connectivity index (χ2n) is 4.08. The number of rotatable bonds is 4. The Balaban J connectivity index is 2.12. The van der Waals surface area contributed by atoms with Crippen LogP contribution in [0.15, 0.2) is 34.7 Å². The SMILES string of the molecule is O=[N+]([O-])c1ccc(CNc2cc(Cl)cc(C(F)(F)F)c2)o1. The molecule has 0 aliphatic heterocycles. The number of benzene rings is 1. The molecule has 2 aromatic rings. The summed E-state index contributed by atoms with van der Waals surface area (Å²) in [5.41, 5.74) is -0.753. The van der Waals surface area contributed by atoms with Crippen molar-refractivity contribution in [1.29, 1.82) is 0 Å². The summed E-state index contributed by atoms with van der Waals surface area (Å²) >= 11 is 5.63. The zero-order valence-electron chi connectivity index (χ0n) is 10.3. The fourth-order valence-electron chi connectivity index (χ4n) is 1.60. The number of alkyl halides is 3. The molecule has 0 amide bonds. The van der Waals surface area contributed by atoms with Gasteiger partial charge in [-0.25, -0.2) is 0 Å². The number of nitro groups is 1. The molecule has 21 heavy (non-hydrogen) atoms. The van der Waals surface area contributed by atoms with Crippen molar-refractivity contribution in [2.24, 2.45) is 0 Å². The predicted octanol–water partition coefficient (Wildman–Crippen LogP) is 4.47. The molecule has 0 aliphatic carbocycles. The highest BCUT2D eigenvalue weighted by molar-refractivity contribution is 6.30. The summed E-state index contributed by atoms with van der Waals surface area (Å²) < 4.78 is 42.7. The van der Waals surface area contributed by atoms with E-state index < -0.39 is 22.5 Å². The first-order chi connectivity index (χ1) is 9.75. The molecule has 2 rings (SSSR count). The van der Waals surface area contributed by atoms with Gasteiger partial charge in [-0.15, -0.1) is 0 Å². The maximum atomic E-state index is 12.6. The highest BCUT2D eigenvalue weighted by Gasteiger charge is 2.31. The molecule has 0 unspecified atom stereocenters. The summed E-state index contributed by atoms with van der Waals surface area (Å²) in [7, 11) is 0. The van der Waals surface area contributed by atoms with Crippen molar-refractivity contribution < 1.29 is 22.5 Å². The number of anilines is 1. The third kappa shape index (κ3) is 3.88. The van der Waals surface area contributed by atoms with Gasteiger partial charge < -0.3 is 9.73 Å². The van der Waals surface area contributed by atoms with Crippen molar-refractivity contribution >= 4 is 23.2 Å². The molecule has 1 heterocycles. The third-order valence-corrected chi connectivity index (χ3v) is 2.74. The lowest BCUT2D eigenvalue weighted by molar-refractivity contribution is -0.402. The molecular formula is C12H8ClF3N2O3. The molecule has 0 atom stereocenters. The van der Waals surface area contributed by atoms with E-state index in [0.29, 0.717) is 0 Å². The Morgan fingerprint density at radius 3 is 2.57 bits per heavy atom. The van der Waals surface area contributed by atoms with Gasteiger partial charge in [0.25, 0.3) is 0 Å². The highest BCUT2D eigenvalue weighted by atomic mass is 35.5. The molecule has 5 nitrogen and oxygen atoms in total. The van der Waals surface area contributed by atoms with Gasteiger partial charge in [-0.1, -0.05) is 11.6 Å². The van der Waals surface area contributed by atoms with Crippen molar-refractivity contribution in [2.75, 3.05) is 5.32 Å². The number of hydrogen-bond acceptors (Lipinski definition) is 4. The Morgan fingerprint density at radius 1 is 1.29 bits per heavy atom. The van der Waals surface area contributed by atoms with Gasteiger partial charge in [0, 0.05) is 10.7 Å². The second-order valence-corrected chi connectivity index (χ2v) is 4.51. The average molecular weight is 321 g/mol. The fraction of sp³-hybridized carbons (Fsp3) is 0.167. The summed E-state index contributed by atoms with van der Waals surface area (Å²) in [6.45, 7) is -0.00845. The van der Waals surface area contributed by atoms with Gasteiger partial charge in [0.05, 0.1) is 18.2 Å². The van der Waals surface area contributed by atoms with Crippen molar-refractivity contribution in [3.05, 3.63) is 56.8 Å². The van der Waals surface area contributed by atoms with Gasteiger partial charge in [0.1, 0.15) is 10.7 Å². The maximum Gasteiger partial charge on any atom is 0.433 e. The summed E-state index contributed by atoms with van der Waals surface area (Å²) in [5.74, 6) is -0.218. The Bertz CT molecular complexity index is 670. The largest absolute Gasteiger partial charge is 0.433 e. The lowest BCUT2D eigenvalue weighted by Gasteiger charge is -2.10. The van der Waals surface area contributed by atoms with Crippen molar-refractivity contribution in [3.63, 3.8) is 0 Å². The van der Waals surface area contributed by atoms with Crippen molar-refractivity contribution in [3.8, 4) is 0 Å². The Hall–Kier alpha value is -2.22. The Labute approximate surface area is 121 Å². The van der Waals surface area contributed by atoms with E-state index in [-0.39, 0.29) is 23.0 Å². The summed E-state index contributed by atoms with van der Waals surface area (Å²) in [4.78, 5) is 9.73. The van der Waals surface area contributed by atoms with Crippen molar-refractivity contribution in [1.82, 2.24) is 0 Å². The molecule has 1 aromatic heterocycles. The van der Waals surface area contributed by atoms with Crippen LogP contribution in [0.3, 0.4) is 0 Å². The molecule has 0 aliphatic rings. The summed E-state index contributed by atoms with van der Waals surface area (Å²) in [6, 6.07) is 5.54. The molecule has 112 valence electrons. The third-order valence-electron chi connectivity index (χ3n) is 2.52. The van der Waals surface area contributed by atoms with Crippen molar-refractivity contribution in [2.45, 2.75) is 12.7 Å². The van der Waals surface area contributed by atoms with Crippen LogP contribution in [0, 0.1) is 10.1 Å². The molecule has 0 radical (unpaired) electrons. The van der Waals surface area contributed by atoms with Crippen LogP contribution in [0.5, 0.6) is 0 Å². The first kappa shape index (κ1) is 15.2. The average Bonchev–Trinajstić information content (AvgIpc) is 2.83. The number of furan rings is 1. The molecule has 1 N–H and O–H groups in total. The van der Waals surface area contributed by atoms with Crippen LogP contribution in [0.2, 0.25) is 5.02 Å². The zero-order valence-corrected chi connectivity index (χ0v) is 11.0. The first-order valence-electron chi connectivity index (χ1n) is 5.60. The van der Waals surface area contributed by atoms with Gasteiger partial charge in [0.15, 0.2) is 0 Å². The predicted molar refractivity (Wildman–Crippen MR) is 69.1 cm³/mol. The summed E-state index contributed by atoms with van der Waals surface area (Å²) in [6.07, 6.45) is -4.51. The van der Waals surface area contributed by atoms with Crippen LogP contribution in [-0.2, 0) is 12.7 Å². The van der Waals surface area contributed by atoms with Gasteiger partial charge in [-0.05, 0) is 24.3 Å². The number of hydrogen-bond donors (Lipinski definition) is 1. The Morgan fingerprint density at radius 2 is 2.00 bits per heavy atom. The van der Waals surface area contributed by atoms with Crippen LogP contribution in [0.25, 0.3) is 0 Å². The van der Waals surface area contributed by atoms with E-state index >= 15 is 0 Å². The molecular weight excluding hydrogens is 313 g/mol. The van der Waals surface area contributed by atoms with E-state index in [1.807, 2.05) is 0 Å². The number of nitrogens with zero attached hydrogens (tertiary/aromatic N) is 1. The van der Waals surface area contributed by atoms with Gasteiger partial charge in [-0.2, -0.15) is 13.2 Å². The topological polar surface area (TPSA) is 68.3 Å². The van der Waals surface area contributed by atoms with Crippen LogP contribution >= 0.6 is 11.6 Å². The molecule has 1 aromatic carbocycles. The number of nitrogens with one attached hydrogen (secondary N) is 1. The normalized spacial score (nSPS) is 11.4.